The molecule has 0 radical (unpaired) electrons. The van der Waals surface area contributed by atoms with Crippen LogP contribution < -0.4 is 5.32 Å². The molecule has 0 aromatic heterocycles. The number of aliphatic hydroxyl groups is 1. The molecule has 0 bridgehead atoms. The minimum atomic E-state index is 0.268. The van der Waals surface area contributed by atoms with Crippen LogP contribution in [0.4, 0.5) is 0 Å². The molecule has 0 amide bonds. The second kappa shape index (κ2) is 8.57. The summed E-state index contributed by atoms with van der Waals surface area (Å²) in [5, 5.41) is 12.4. The highest BCUT2D eigenvalue weighted by molar-refractivity contribution is 7.99. The van der Waals surface area contributed by atoms with Crippen molar-refractivity contribution in [2.24, 2.45) is 11.8 Å². The number of thioether (sulfide) groups is 1. The number of hydrogen-bond acceptors (Lipinski definition) is 3. The summed E-state index contributed by atoms with van der Waals surface area (Å²) in [5.74, 6) is 2.03. The molecule has 1 aromatic rings. The molecule has 0 fully saturated rings. The molecule has 1 aromatic carbocycles. The van der Waals surface area contributed by atoms with Crippen LogP contribution in [0, 0.1) is 11.8 Å². The average molecular weight is 267 g/mol. The molecule has 1 atom stereocenters. The molecule has 2 N–H and O–H groups in total. The van der Waals surface area contributed by atoms with Gasteiger partial charge in [0.2, 0.25) is 0 Å². The van der Waals surface area contributed by atoms with Crippen LogP contribution in [0.5, 0.6) is 0 Å². The van der Waals surface area contributed by atoms with Crippen LogP contribution in [0.3, 0.4) is 0 Å². The van der Waals surface area contributed by atoms with Gasteiger partial charge in [0.25, 0.3) is 0 Å². The van der Waals surface area contributed by atoms with E-state index in [-0.39, 0.29) is 6.61 Å². The van der Waals surface area contributed by atoms with E-state index < -0.39 is 0 Å². The van der Waals surface area contributed by atoms with Gasteiger partial charge in [-0.25, -0.2) is 0 Å². The van der Waals surface area contributed by atoms with E-state index >= 15 is 0 Å². The highest BCUT2D eigenvalue weighted by atomic mass is 32.2. The lowest BCUT2D eigenvalue weighted by atomic mass is 10.2. The van der Waals surface area contributed by atoms with Gasteiger partial charge >= 0.3 is 0 Å². The van der Waals surface area contributed by atoms with Gasteiger partial charge in [-0.05, 0) is 36.1 Å². The van der Waals surface area contributed by atoms with Crippen molar-refractivity contribution in [3.05, 3.63) is 29.8 Å². The molecule has 1 unspecified atom stereocenters. The smallest absolute Gasteiger partial charge is 0.0464 e. The number of benzene rings is 1. The first kappa shape index (κ1) is 15.5. The van der Waals surface area contributed by atoms with Gasteiger partial charge in [0.1, 0.15) is 0 Å². The third kappa shape index (κ3) is 6.43. The molecule has 18 heavy (non-hydrogen) atoms. The zero-order valence-electron chi connectivity index (χ0n) is 11.6. The SMILES string of the molecule is CC(C)CNCc1ccc(SCC(C)CO)cc1. The Labute approximate surface area is 115 Å². The van der Waals surface area contributed by atoms with E-state index in [1.54, 1.807) is 0 Å². The number of hydrogen-bond donors (Lipinski definition) is 2. The summed E-state index contributed by atoms with van der Waals surface area (Å²) in [7, 11) is 0. The zero-order valence-corrected chi connectivity index (χ0v) is 12.5. The van der Waals surface area contributed by atoms with Gasteiger partial charge in [-0.15, -0.1) is 11.8 Å². The first-order valence-electron chi connectivity index (χ1n) is 6.65. The van der Waals surface area contributed by atoms with Crippen molar-refractivity contribution < 1.29 is 5.11 Å². The maximum absolute atomic E-state index is 8.98. The summed E-state index contributed by atoms with van der Waals surface area (Å²) in [5.41, 5.74) is 1.33. The lowest BCUT2D eigenvalue weighted by Crippen LogP contribution is -2.18. The largest absolute Gasteiger partial charge is 0.396 e. The van der Waals surface area contributed by atoms with Gasteiger partial charge in [0.15, 0.2) is 0 Å². The molecule has 0 saturated heterocycles. The Balaban J connectivity index is 2.33. The minimum absolute atomic E-state index is 0.268. The Kier molecular flexibility index (Phi) is 7.40. The van der Waals surface area contributed by atoms with Crippen LogP contribution in [-0.4, -0.2) is 24.0 Å². The van der Waals surface area contributed by atoms with Gasteiger partial charge in [-0.1, -0.05) is 32.9 Å². The number of nitrogens with one attached hydrogen (secondary N) is 1. The van der Waals surface area contributed by atoms with E-state index in [4.69, 9.17) is 5.11 Å². The standard InChI is InChI=1S/C15H25NOS/c1-12(2)8-16-9-14-4-6-15(7-5-14)18-11-13(3)10-17/h4-7,12-13,16-17H,8-11H2,1-3H3. The van der Waals surface area contributed by atoms with Crippen molar-refractivity contribution in [1.29, 1.82) is 0 Å². The molecule has 2 nitrogen and oxygen atoms in total. The van der Waals surface area contributed by atoms with Crippen molar-refractivity contribution in [1.82, 2.24) is 5.32 Å². The van der Waals surface area contributed by atoms with Crippen LogP contribution in [0.2, 0.25) is 0 Å². The lowest BCUT2D eigenvalue weighted by molar-refractivity contribution is 0.250. The Hall–Kier alpha value is -0.510. The fourth-order valence-electron chi connectivity index (χ4n) is 1.50. The predicted octanol–water partition coefficient (Wildman–Crippen LogP) is 3.15. The first-order chi connectivity index (χ1) is 8.61. The topological polar surface area (TPSA) is 32.3 Å². The van der Waals surface area contributed by atoms with Crippen molar-refractivity contribution in [2.75, 3.05) is 18.9 Å². The van der Waals surface area contributed by atoms with Crippen molar-refractivity contribution in [3.63, 3.8) is 0 Å². The van der Waals surface area contributed by atoms with E-state index in [1.165, 1.54) is 10.5 Å². The minimum Gasteiger partial charge on any atom is -0.396 e. The molecule has 102 valence electrons. The maximum Gasteiger partial charge on any atom is 0.0464 e. The monoisotopic (exact) mass is 267 g/mol. The summed E-state index contributed by atoms with van der Waals surface area (Å²) >= 11 is 1.81. The van der Waals surface area contributed by atoms with E-state index in [1.807, 2.05) is 11.8 Å². The van der Waals surface area contributed by atoms with Crippen LogP contribution >= 0.6 is 11.8 Å². The Morgan fingerprint density at radius 3 is 2.39 bits per heavy atom. The Morgan fingerprint density at radius 2 is 1.83 bits per heavy atom. The molecule has 0 aliphatic heterocycles. The highest BCUT2D eigenvalue weighted by Crippen LogP contribution is 2.20. The third-order valence-corrected chi connectivity index (χ3v) is 3.99. The molecular formula is C15H25NOS. The van der Waals surface area contributed by atoms with Crippen molar-refractivity contribution in [2.45, 2.75) is 32.2 Å². The molecule has 0 saturated carbocycles. The Morgan fingerprint density at radius 1 is 1.17 bits per heavy atom. The number of aliphatic hydroxyl groups excluding tert-OH is 1. The molecule has 3 heteroatoms. The molecule has 0 aliphatic rings. The van der Waals surface area contributed by atoms with E-state index in [0.717, 1.165) is 18.8 Å². The summed E-state index contributed by atoms with van der Waals surface area (Å²) in [6.07, 6.45) is 0. The summed E-state index contributed by atoms with van der Waals surface area (Å²) in [6.45, 7) is 8.77. The number of rotatable bonds is 8. The van der Waals surface area contributed by atoms with E-state index in [0.29, 0.717) is 11.8 Å². The summed E-state index contributed by atoms with van der Waals surface area (Å²) in [6, 6.07) is 8.70. The molecule has 1 rings (SSSR count). The van der Waals surface area contributed by atoms with Crippen LogP contribution in [0.25, 0.3) is 0 Å². The van der Waals surface area contributed by atoms with Gasteiger partial charge in [-0.3, -0.25) is 0 Å². The van der Waals surface area contributed by atoms with Crippen molar-refractivity contribution in [3.8, 4) is 0 Å². The first-order valence-corrected chi connectivity index (χ1v) is 7.63. The fraction of sp³-hybridized carbons (Fsp3) is 0.600. The molecule has 0 aliphatic carbocycles. The third-order valence-electron chi connectivity index (χ3n) is 2.65. The van der Waals surface area contributed by atoms with Gasteiger partial charge < -0.3 is 10.4 Å². The second-order valence-corrected chi connectivity index (χ2v) is 6.36. The highest BCUT2D eigenvalue weighted by Gasteiger charge is 2.01. The zero-order chi connectivity index (χ0) is 13.4. The molecular weight excluding hydrogens is 242 g/mol. The normalized spacial score (nSPS) is 12.9. The van der Waals surface area contributed by atoms with Crippen molar-refractivity contribution >= 4 is 11.8 Å². The summed E-state index contributed by atoms with van der Waals surface area (Å²) < 4.78 is 0. The van der Waals surface area contributed by atoms with Gasteiger partial charge in [-0.2, -0.15) is 0 Å². The molecule has 0 heterocycles. The van der Waals surface area contributed by atoms with Gasteiger partial charge in [0, 0.05) is 23.8 Å². The second-order valence-electron chi connectivity index (χ2n) is 5.27. The summed E-state index contributed by atoms with van der Waals surface area (Å²) in [4.78, 5) is 1.28. The fourth-order valence-corrected chi connectivity index (χ4v) is 2.41. The van der Waals surface area contributed by atoms with Crippen LogP contribution in [0.15, 0.2) is 29.2 Å². The van der Waals surface area contributed by atoms with E-state index in [9.17, 15) is 0 Å². The van der Waals surface area contributed by atoms with Gasteiger partial charge in [0.05, 0.1) is 0 Å². The Bertz CT molecular complexity index is 324. The van der Waals surface area contributed by atoms with E-state index in [2.05, 4.69) is 50.4 Å². The lowest BCUT2D eigenvalue weighted by Gasteiger charge is -2.09. The van der Waals surface area contributed by atoms with Crippen LogP contribution in [-0.2, 0) is 6.54 Å². The average Bonchev–Trinajstić information content (AvgIpc) is 2.37. The predicted molar refractivity (Wildman–Crippen MR) is 80.0 cm³/mol. The maximum atomic E-state index is 8.98. The quantitative estimate of drug-likeness (QED) is 0.710. The molecule has 0 spiro atoms. The van der Waals surface area contributed by atoms with Crippen LogP contribution in [0.1, 0.15) is 26.3 Å².